The summed E-state index contributed by atoms with van der Waals surface area (Å²) in [7, 11) is -9.26. The van der Waals surface area contributed by atoms with Gasteiger partial charge < -0.3 is 5.11 Å². The maximum absolute atomic E-state index is 14.0. The summed E-state index contributed by atoms with van der Waals surface area (Å²) in [6.07, 6.45) is 4.87. The van der Waals surface area contributed by atoms with Crippen LogP contribution in [0, 0.1) is 52.3 Å². The zero-order valence-corrected chi connectivity index (χ0v) is 25.1. The lowest BCUT2D eigenvalue weighted by atomic mass is 9.43. The number of hydrogen-bond donors (Lipinski definition) is 3. The van der Waals surface area contributed by atoms with Crippen LogP contribution in [0.5, 0.6) is 0 Å². The van der Waals surface area contributed by atoms with Crippen molar-refractivity contribution < 1.29 is 44.2 Å². The van der Waals surface area contributed by atoms with Crippen LogP contribution < -0.4 is 0 Å². The Hall–Kier alpha value is -0.630. The minimum atomic E-state index is -4.70. The summed E-state index contributed by atoms with van der Waals surface area (Å²) in [5.41, 5.74) is -0.806. The van der Waals surface area contributed by atoms with E-state index < -0.39 is 38.4 Å². The Morgan fingerprint density at radius 1 is 0.923 bits per heavy atom. The Labute approximate surface area is 233 Å². The maximum atomic E-state index is 14.0. The van der Waals surface area contributed by atoms with Gasteiger partial charge in [-0.05, 0) is 91.3 Å². The molecule has 0 aromatic carbocycles. The van der Waals surface area contributed by atoms with Gasteiger partial charge in [-0.15, -0.1) is 0 Å². The van der Waals surface area contributed by atoms with Gasteiger partial charge in [0.1, 0.15) is 11.9 Å². The van der Waals surface area contributed by atoms with Crippen LogP contribution in [0.25, 0.3) is 0 Å². The molecule has 10 atom stereocenters. The molecule has 0 aromatic rings. The molecule has 12 heteroatoms. The maximum Gasteiger partial charge on any atom is 0.397 e. The monoisotopic (exact) mass is 594 g/mol. The number of ketones is 1. The highest BCUT2D eigenvalue weighted by Gasteiger charge is 2.65. The van der Waals surface area contributed by atoms with Gasteiger partial charge in [0.05, 0.1) is 12.7 Å². The fourth-order valence-corrected chi connectivity index (χ4v) is 10.4. The van der Waals surface area contributed by atoms with Crippen molar-refractivity contribution in [2.45, 2.75) is 104 Å². The summed E-state index contributed by atoms with van der Waals surface area (Å²) in [4.78, 5) is 14.0. The predicted molar refractivity (Wildman–Crippen MR) is 143 cm³/mol. The van der Waals surface area contributed by atoms with Gasteiger partial charge in [-0.3, -0.25) is 13.9 Å². The Bertz CT molecular complexity index is 1120. The first-order valence-electron chi connectivity index (χ1n) is 14.4. The van der Waals surface area contributed by atoms with Crippen molar-refractivity contribution in [2.75, 3.05) is 6.61 Å². The van der Waals surface area contributed by atoms with Crippen LogP contribution in [0.15, 0.2) is 0 Å². The SMILES string of the molecule is CC(C)CCC[C@@H](COS(=O)(=O)O)[C@H]1CCC2C3CC[C@@H]4[C@H](O)[C@H](OS(=O)(=O)O)CC[C@]4(C)C3C(=O)C[C@@]21C. The first-order valence-corrected chi connectivity index (χ1v) is 17.2. The Kier molecular flexibility index (Phi) is 9.01. The van der Waals surface area contributed by atoms with E-state index in [9.17, 15) is 35.8 Å². The molecule has 226 valence electrons. The molecule has 4 aliphatic carbocycles. The van der Waals surface area contributed by atoms with Gasteiger partial charge in [0.25, 0.3) is 0 Å². The van der Waals surface area contributed by atoms with Crippen LogP contribution in [-0.4, -0.2) is 55.6 Å². The van der Waals surface area contributed by atoms with Crippen LogP contribution in [0.2, 0.25) is 0 Å². The topological polar surface area (TPSA) is 164 Å². The van der Waals surface area contributed by atoms with Crippen LogP contribution in [0.4, 0.5) is 0 Å². The van der Waals surface area contributed by atoms with Crippen molar-refractivity contribution in [2.24, 2.45) is 52.3 Å². The summed E-state index contributed by atoms with van der Waals surface area (Å²) >= 11 is 0. The first-order chi connectivity index (χ1) is 18.0. The third kappa shape index (κ3) is 6.41. The van der Waals surface area contributed by atoms with E-state index in [-0.39, 0.29) is 59.7 Å². The first kappa shape index (κ1) is 31.3. The van der Waals surface area contributed by atoms with Crippen LogP contribution in [0.3, 0.4) is 0 Å². The molecule has 4 fully saturated rings. The van der Waals surface area contributed by atoms with Gasteiger partial charge in [0, 0.05) is 12.3 Å². The lowest BCUT2D eigenvalue weighted by Gasteiger charge is -2.61. The molecule has 0 spiro atoms. The zero-order chi connectivity index (χ0) is 29.0. The fraction of sp³-hybridized carbons (Fsp3) is 0.963. The molecule has 4 rings (SSSR count). The van der Waals surface area contributed by atoms with Crippen molar-refractivity contribution in [1.82, 2.24) is 0 Å². The van der Waals surface area contributed by atoms with Gasteiger partial charge in [-0.2, -0.15) is 16.8 Å². The highest BCUT2D eigenvalue weighted by Crippen LogP contribution is 2.67. The average Bonchev–Trinajstić information content (AvgIpc) is 3.12. The lowest BCUT2D eigenvalue weighted by molar-refractivity contribution is -0.179. The quantitative estimate of drug-likeness (QED) is 0.312. The summed E-state index contributed by atoms with van der Waals surface area (Å²) in [5, 5.41) is 11.1. The average molecular weight is 595 g/mol. The molecule has 0 amide bonds. The Morgan fingerprint density at radius 2 is 1.59 bits per heavy atom. The van der Waals surface area contributed by atoms with Crippen molar-refractivity contribution in [3.63, 3.8) is 0 Å². The van der Waals surface area contributed by atoms with Gasteiger partial charge >= 0.3 is 20.8 Å². The highest BCUT2D eigenvalue weighted by atomic mass is 32.3. The molecule has 39 heavy (non-hydrogen) atoms. The molecule has 3 unspecified atom stereocenters. The van der Waals surface area contributed by atoms with E-state index in [1.54, 1.807) is 0 Å². The van der Waals surface area contributed by atoms with Crippen molar-refractivity contribution in [3.8, 4) is 0 Å². The minimum absolute atomic E-state index is 0.0900. The minimum Gasteiger partial charge on any atom is -0.390 e. The molecule has 0 aliphatic heterocycles. The van der Waals surface area contributed by atoms with Crippen molar-refractivity contribution in [1.29, 1.82) is 0 Å². The number of carbonyl (C=O) groups excluding carboxylic acids is 1. The molecule has 0 heterocycles. The smallest absolute Gasteiger partial charge is 0.390 e. The normalized spacial score (nSPS) is 41.6. The molecule has 0 saturated heterocycles. The van der Waals surface area contributed by atoms with Crippen LogP contribution in [0.1, 0.15) is 91.9 Å². The number of hydrogen-bond acceptors (Lipinski definition) is 8. The number of carbonyl (C=O) groups is 1. The van der Waals surface area contributed by atoms with Gasteiger partial charge in [0.15, 0.2) is 0 Å². The van der Waals surface area contributed by atoms with Gasteiger partial charge in [-0.1, -0.05) is 40.5 Å². The number of fused-ring (bicyclic) bond motifs is 5. The van der Waals surface area contributed by atoms with E-state index in [1.165, 1.54) is 0 Å². The standard InChI is InChI=1S/C27H46O10S2/c1-16(2)6-5-7-17(15-36-38(30,31)32)19-10-11-20-18-8-9-21-25(29)23(37-39(33,34)35)12-13-26(21,3)24(18)22(28)14-27(19,20)4/h16-21,23-25,29H,5-15H2,1-4H3,(H,30,31,32)(H,33,34,35)/t17-,18?,19+,20?,21+,23+,24?,25-,26-,27+/m0/s1. The molecule has 3 N–H and O–H groups in total. The second-order valence-electron chi connectivity index (χ2n) is 13.7. The highest BCUT2D eigenvalue weighted by molar-refractivity contribution is 7.81. The second kappa shape index (κ2) is 11.2. The van der Waals surface area contributed by atoms with E-state index in [0.29, 0.717) is 25.2 Å². The number of Topliss-reactive ketones (excluding diaryl/α,β-unsaturated/α-hetero) is 1. The van der Waals surface area contributed by atoms with Gasteiger partial charge in [-0.25, -0.2) is 8.37 Å². The fourth-order valence-electron chi connectivity index (χ4n) is 9.55. The van der Waals surface area contributed by atoms with E-state index in [1.807, 2.05) is 6.92 Å². The molecule has 0 aromatic heterocycles. The molecular weight excluding hydrogens is 548 g/mol. The van der Waals surface area contributed by atoms with E-state index in [0.717, 1.165) is 38.5 Å². The zero-order valence-electron chi connectivity index (χ0n) is 23.5. The van der Waals surface area contributed by atoms with Crippen LogP contribution >= 0.6 is 0 Å². The van der Waals surface area contributed by atoms with Gasteiger partial charge in [0.2, 0.25) is 0 Å². The third-order valence-electron chi connectivity index (χ3n) is 11.1. The molecular formula is C27H46O10S2. The largest absolute Gasteiger partial charge is 0.397 e. The lowest BCUT2D eigenvalue weighted by Crippen LogP contribution is -2.61. The van der Waals surface area contributed by atoms with Crippen molar-refractivity contribution >= 4 is 26.6 Å². The van der Waals surface area contributed by atoms with E-state index in [2.05, 4.69) is 20.8 Å². The number of aliphatic hydroxyl groups excluding tert-OH is 1. The molecule has 10 nitrogen and oxygen atoms in total. The summed E-state index contributed by atoms with van der Waals surface area (Å²) < 4.78 is 73.7. The van der Waals surface area contributed by atoms with Crippen LogP contribution in [-0.2, 0) is 34.0 Å². The second-order valence-corrected chi connectivity index (χ2v) is 15.8. The Morgan fingerprint density at radius 3 is 2.21 bits per heavy atom. The van der Waals surface area contributed by atoms with Crippen molar-refractivity contribution in [3.05, 3.63) is 0 Å². The number of aliphatic hydroxyl groups is 1. The summed E-state index contributed by atoms with van der Waals surface area (Å²) in [5.74, 6) is 0.526. The van der Waals surface area contributed by atoms with E-state index >= 15 is 0 Å². The number of rotatable bonds is 10. The third-order valence-corrected chi connectivity index (χ3v) is 12.0. The molecule has 0 bridgehead atoms. The molecule has 4 aliphatic rings. The predicted octanol–water partition coefficient (Wildman–Crippen LogP) is 4.25. The van der Waals surface area contributed by atoms with E-state index in [4.69, 9.17) is 8.37 Å². The molecule has 0 radical (unpaired) electrons. The summed E-state index contributed by atoms with van der Waals surface area (Å²) in [6, 6.07) is 0. The Balaban J connectivity index is 1.56. The molecule has 4 saturated carbocycles. The summed E-state index contributed by atoms with van der Waals surface area (Å²) in [6.45, 7) is 8.42.